The van der Waals surface area contributed by atoms with Gasteiger partial charge in [-0.2, -0.15) is 5.10 Å². The minimum Gasteiger partial charge on any atom is -0.272 e. The fourth-order valence-electron chi connectivity index (χ4n) is 2.87. The first-order valence-electron chi connectivity index (χ1n) is 8.22. The molecule has 0 unspecified atom stereocenters. The number of thiophene rings is 1. The molecule has 5 aromatic heterocycles. The van der Waals surface area contributed by atoms with Crippen LogP contribution in [0.1, 0.15) is 12.5 Å². The van der Waals surface area contributed by atoms with Gasteiger partial charge in [-0.05, 0) is 23.9 Å². The Labute approximate surface area is 152 Å². The minimum atomic E-state index is 0.536. The normalized spacial score (nSPS) is 11.6. The van der Waals surface area contributed by atoms with Crippen molar-refractivity contribution in [2.24, 2.45) is 0 Å². The molecule has 0 aliphatic heterocycles. The van der Waals surface area contributed by atoms with Crippen molar-refractivity contribution in [3.8, 4) is 11.3 Å². The van der Waals surface area contributed by atoms with Crippen molar-refractivity contribution < 1.29 is 0 Å². The highest BCUT2D eigenvalue weighted by Gasteiger charge is 2.13. The highest BCUT2D eigenvalue weighted by atomic mass is 32.1. The Bertz CT molecular complexity index is 1220. The number of pyridine rings is 1. The molecule has 0 spiro atoms. The van der Waals surface area contributed by atoms with Crippen LogP contribution in [0.25, 0.3) is 32.8 Å². The smallest absolute Gasteiger partial charge is 0.221 e. The zero-order chi connectivity index (χ0) is 17.5. The molecule has 5 rings (SSSR count). The van der Waals surface area contributed by atoms with E-state index in [1.54, 1.807) is 28.4 Å². The lowest BCUT2D eigenvalue weighted by Gasteiger charge is -2.02. The van der Waals surface area contributed by atoms with Gasteiger partial charge in [-0.1, -0.05) is 11.3 Å². The van der Waals surface area contributed by atoms with Gasteiger partial charge in [-0.3, -0.25) is 4.68 Å². The van der Waals surface area contributed by atoms with E-state index in [1.165, 1.54) is 0 Å². The van der Waals surface area contributed by atoms with E-state index in [4.69, 9.17) is 4.98 Å². The number of aromatic nitrogens is 8. The standard InChI is InChI=1S/C17H14N8S/c1-2-24-8-11(6-20-24)14-7-19-15-16(21-14)25(23-22-15)9-12-10-26-17-13(12)4-3-5-18-17/h3-8,10H,2,9H2,1H3. The summed E-state index contributed by atoms with van der Waals surface area (Å²) in [5.41, 5.74) is 4.04. The molecule has 128 valence electrons. The highest BCUT2D eigenvalue weighted by Crippen LogP contribution is 2.25. The van der Waals surface area contributed by atoms with Gasteiger partial charge in [0.25, 0.3) is 0 Å². The van der Waals surface area contributed by atoms with E-state index in [2.05, 4.69) is 36.8 Å². The molecule has 26 heavy (non-hydrogen) atoms. The molecule has 0 bridgehead atoms. The zero-order valence-electron chi connectivity index (χ0n) is 13.9. The maximum atomic E-state index is 4.72. The summed E-state index contributed by atoms with van der Waals surface area (Å²) in [6.45, 7) is 3.44. The molecule has 8 nitrogen and oxygen atoms in total. The van der Waals surface area contributed by atoms with Gasteiger partial charge in [0.05, 0.1) is 24.6 Å². The van der Waals surface area contributed by atoms with Crippen LogP contribution in [0.2, 0.25) is 0 Å². The van der Waals surface area contributed by atoms with Gasteiger partial charge in [0.15, 0.2) is 5.65 Å². The molecule has 9 heteroatoms. The Morgan fingerprint density at radius 2 is 2.15 bits per heavy atom. The summed E-state index contributed by atoms with van der Waals surface area (Å²) < 4.78 is 3.64. The third-order valence-electron chi connectivity index (χ3n) is 4.23. The van der Waals surface area contributed by atoms with Crippen LogP contribution in [0.4, 0.5) is 0 Å². The molecular weight excluding hydrogens is 348 g/mol. The lowest BCUT2D eigenvalue weighted by molar-refractivity contribution is 0.660. The van der Waals surface area contributed by atoms with E-state index in [0.29, 0.717) is 17.8 Å². The van der Waals surface area contributed by atoms with Crippen molar-refractivity contribution in [1.29, 1.82) is 0 Å². The molecule has 0 aliphatic rings. The maximum Gasteiger partial charge on any atom is 0.221 e. The summed E-state index contributed by atoms with van der Waals surface area (Å²) in [6, 6.07) is 4.02. The van der Waals surface area contributed by atoms with Crippen molar-refractivity contribution in [1.82, 2.24) is 39.7 Å². The Kier molecular flexibility index (Phi) is 3.45. The molecule has 0 amide bonds. The molecule has 0 aromatic carbocycles. The second kappa shape index (κ2) is 5.95. The molecule has 0 N–H and O–H groups in total. The van der Waals surface area contributed by atoms with Gasteiger partial charge in [-0.15, -0.1) is 16.4 Å². The predicted molar refractivity (Wildman–Crippen MR) is 98.7 cm³/mol. The van der Waals surface area contributed by atoms with Crippen LogP contribution in [0.5, 0.6) is 0 Å². The van der Waals surface area contributed by atoms with Crippen LogP contribution in [0.3, 0.4) is 0 Å². The Balaban J connectivity index is 1.56. The molecule has 0 radical (unpaired) electrons. The second-order valence-corrected chi connectivity index (χ2v) is 6.71. The van der Waals surface area contributed by atoms with Crippen LogP contribution < -0.4 is 0 Å². The Hall–Kier alpha value is -3.20. The van der Waals surface area contributed by atoms with Crippen LogP contribution >= 0.6 is 11.3 Å². The first-order chi connectivity index (χ1) is 12.8. The number of hydrogen-bond donors (Lipinski definition) is 0. The summed E-state index contributed by atoms with van der Waals surface area (Å²) in [7, 11) is 0. The van der Waals surface area contributed by atoms with E-state index in [0.717, 1.165) is 33.6 Å². The first-order valence-corrected chi connectivity index (χ1v) is 9.10. The predicted octanol–water partition coefficient (Wildman–Crippen LogP) is 2.76. The third kappa shape index (κ3) is 2.44. The molecule has 5 heterocycles. The van der Waals surface area contributed by atoms with E-state index < -0.39 is 0 Å². The van der Waals surface area contributed by atoms with Crippen LogP contribution in [-0.2, 0) is 13.1 Å². The molecule has 0 saturated carbocycles. The third-order valence-corrected chi connectivity index (χ3v) is 5.18. The number of hydrogen-bond acceptors (Lipinski definition) is 7. The maximum absolute atomic E-state index is 4.72. The topological polar surface area (TPSA) is 87.2 Å². The van der Waals surface area contributed by atoms with E-state index in [9.17, 15) is 0 Å². The fourth-order valence-corrected chi connectivity index (χ4v) is 3.78. The van der Waals surface area contributed by atoms with E-state index in [-0.39, 0.29) is 0 Å². The average Bonchev–Trinajstić information content (AvgIpc) is 3.41. The molecular formula is C17H14N8S. The van der Waals surface area contributed by atoms with Crippen molar-refractivity contribution in [3.63, 3.8) is 0 Å². The highest BCUT2D eigenvalue weighted by molar-refractivity contribution is 7.16. The van der Waals surface area contributed by atoms with Crippen molar-refractivity contribution >= 4 is 32.8 Å². The first kappa shape index (κ1) is 15.1. The van der Waals surface area contributed by atoms with Gasteiger partial charge in [0.1, 0.15) is 4.83 Å². The number of aryl methyl sites for hydroxylation is 1. The molecule has 0 atom stereocenters. The average molecular weight is 362 g/mol. The Morgan fingerprint density at radius 1 is 1.19 bits per heavy atom. The Morgan fingerprint density at radius 3 is 3.04 bits per heavy atom. The molecule has 5 aromatic rings. The van der Waals surface area contributed by atoms with Crippen LogP contribution in [0, 0.1) is 0 Å². The van der Waals surface area contributed by atoms with Gasteiger partial charge >= 0.3 is 0 Å². The molecule has 0 fully saturated rings. The van der Waals surface area contributed by atoms with Gasteiger partial charge in [0.2, 0.25) is 5.65 Å². The van der Waals surface area contributed by atoms with Crippen molar-refractivity contribution in [2.45, 2.75) is 20.0 Å². The summed E-state index contributed by atoms with van der Waals surface area (Å²) in [5.74, 6) is 0. The van der Waals surface area contributed by atoms with E-state index in [1.807, 2.05) is 30.1 Å². The van der Waals surface area contributed by atoms with Crippen LogP contribution in [0.15, 0.2) is 42.3 Å². The van der Waals surface area contributed by atoms with Gasteiger partial charge < -0.3 is 0 Å². The largest absolute Gasteiger partial charge is 0.272 e. The van der Waals surface area contributed by atoms with Gasteiger partial charge in [-0.25, -0.2) is 19.6 Å². The molecule has 0 saturated heterocycles. The lowest BCUT2D eigenvalue weighted by Crippen LogP contribution is -2.03. The van der Waals surface area contributed by atoms with E-state index >= 15 is 0 Å². The monoisotopic (exact) mass is 362 g/mol. The number of nitrogens with zero attached hydrogens (tertiary/aromatic N) is 8. The SMILES string of the molecule is CCn1cc(-c2cnc3nnn(Cc4csc5ncccc45)c3n2)cn1. The second-order valence-electron chi connectivity index (χ2n) is 5.85. The van der Waals surface area contributed by atoms with Crippen molar-refractivity contribution in [3.05, 3.63) is 47.9 Å². The van der Waals surface area contributed by atoms with Gasteiger partial charge in [0, 0.05) is 29.9 Å². The lowest BCUT2D eigenvalue weighted by atomic mass is 10.2. The summed E-state index contributed by atoms with van der Waals surface area (Å²) in [6.07, 6.45) is 7.28. The quantitative estimate of drug-likeness (QED) is 0.488. The minimum absolute atomic E-state index is 0.536. The number of fused-ring (bicyclic) bond motifs is 2. The molecule has 0 aliphatic carbocycles. The fraction of sp³-hybridized carbons (Fsp3) is 0.176. The van der Waals surface area contributed by atoms with Crippen molar-refractivity contribution in [2.75, 3.05) is 0 Å². The summed E-state index contributed by atoms with van der Waals surface area (Å²) in [5, 5.41) is 15.9. The number of rotatable bonds is 4. The summed E-state index contributed by atoms with van der Waals surface area (Å²) >= 11 is 1.63. The summed E-state index contributed by atoms with van der Waals surface area (Å²) in [4.78, 5) is 14.5. The van der Waals surface area contributed by atoms with Crippen LogP contribution in [-0.4, -0.2) is 39.7 Å². The zero-order valence-corrected chi connectivity index (χ0v) is 14.8.